The van der Waals surface area contributed by atoms with Crippen LogP contribution in [0.2, 0.25) is 0 Å². The molecule has 2 saturated heterocycles. The van der Waals surface area contributed by atoms with Gasteiger partial charge in [-0.15, -0.1) is 0 Å². The van der Waals surface area contributed by atoms with Crippen LogP contribution in [0, 0.1) is 11.8 Å². The number of nitrogens with one attached hydrogen (secondary N) is 1. The zero-order valence-corrected chi connectivity index (χ0v) is 14.0. The highest BCUT2D eigenvalue weighted by Crippen LogP contribution is 2.32. The van der Waals surface area contributed by atoms with Crippen LogP contribution in [0.3, 0.4) is 0 Å². The summed E-state index contributed by atoms with van der Waals surface area (Å²) in [5, 5.41) is 4.06. The maximum atomic E-state index is 12.3. The summed E-state index contributed by atoms with van der Waals surface area (Å²) in [5.74, 6) is -1.11. The number of imide groups is 1. The third kappa shape index (κ3) is 2.56. The number of para-hydroxylation sites is 1. The summed E-state index contributed by atoms with van der Waals surface area (Å²) in [6.07, 6.45) is 2.00. The van der Waals surface area contributed by atoms with Crippen LogP contribution in [0.1, 0.15) is 0 Å². The van der Waals surface area contributed by atoms with Crippen LogP contribution in [0.4, 0.5) is 4.79 Å². The molecule has 1 aromatic heterocycles. The summed E-state index contributed by atoms with van der Waals surface area (Å²) in [5.41, 5.74) is 1.13. The first-order valence-corrected chi connectivity index (χ1v) is 8.44. The number of hydrogen-bond acceptors (Lipinski definition) is 3. The van der Waals surface area contributed by atoms with Gasteiger partial charge in [-0.1, -0.05) is 18.2 Å². The molecule has 2 aliphatic heterocycles. The minimum Gasteiger partial charge on any atom is -0.346 e. The molecule has 0 saturated carbocycles. The highest BCUT2D eigenvalue weighted by Gasteiger charge is 2.51. The lowest BCUT2D eigenvalue weighted by atomic mass is 10.00. The summed E-state index contributed by atoms with van der Waals surface area (Å²) in [6.45, 7) is 1.79. The molecule has 1 N–H and O–H groups in total. The zero-order chi connectivity index (χ0) is 17.6. The molecule has 2 unspecified atom stereocenters. The molecule has 0 bridgehead atoms. The van der Waals surface area contributed by atoms with Crippen molar-refractivity contribution >= 4 is 28.7 Å². The Bertz CT molecular complexity index is 835. The molecule has 2 atom stereocenters. The van der Waals surface area contributed by atoms with Crippen LogP contribution >= 0.6 is 0 Å². The molecule has 25 heavy (non-hydrogen) atoms. The molecule has 130 valence electrons. The van der Waals surface area contributed by atoms with Crippen LogP contribution in [0.25, 0.3) is 10.9 Å². The van der Waals surface area contributed by atoms with Gasteiger partial charge in [-0.25, -0.2) is 4.79 Å². The molecule has 0 spiro atoms. The number of carbonyl (C=O) groups is 3. The summed E-state index contributed by atoms with van der Waals surface area (Å²) in [4.78, 5) is 39.1. The maximum absolute atomic E-state index is 12.3. The van der Waals surface area contributed by atoms with Gasteiger partial charge in [-0.3, -0.25) is 14.5 Å². The fourth-order valence-corrected chi connectivity index (χ4v) is 3.81. The Kier molecular flexibility index (Phi) is 3.71. The smallest absolute Gasteiger partial charge is 0.317 e. The molecular weight excluding hydrogens is 320 g/mol. The van der Waals surface area contributed by atoms with Crippen LogP contribution < -0.4 is 5.32 Å². The Balaban J connectivity index is 1.33. The number of nitrogens with zero attached hydrogens (tertiary/aromatic N) is 3. The molecule has 1 aromatic carbocycles. The predicted octanol–water partition coefficient (Wildman–Crippen LogP) is 0.897. The third-order valence-electron chi connectivity index (χ3n) is 5.21. The van der Waals surface area contributed by atoms with Gasteiger partial charge in [0, 0.05) is 44.9 Å². The quantitative estimate of drug-likeness (QED) is 0.844. The Hall–Kier alpha value is -2.83. The second-order valence-corrected chi connectivity index (χ2v) is 6.65. The van der Waals surface area contributed by atoms with E-state index in [4.69, 9.17) is 0 Å². The second kappa shape index (κ2) is 5.91. The molecule has 2 aromatic rings. The van der Waals surface area contributed by atoms with Crippen molar-refractivity contribution in [1.29, 1.82) is 0 Å². The van der Waals surface area contributed by atoms with Crippen molar-refractivity contribution in [3.63, 3.8) is 0 Å². The minimum atomic E-state index is -0.378. The Morgan fingerprint density at radius 3 is 2.52 bits per heavy atom. The number of urea groups is 1. The lowest BCUT2D eigenvalue weighted by molar-refractivity contribution is -0.138. The van der Waals surface area contributed by atoms with Crippen molar-refractivity contribution in [2.24, 2.45) is 11.8 Å². The van der Waals surface area contributed by atoms with Crippen LogP contribution in [0.5, 0.6) is 0 Å². The number of hydrogen-bond donors (Lipinski definition) is 1. The van der Waals surface area contributed by atoms with E-state index in [1.165, 1.54) is 17.3 Å². The van der Waals surface area contributed by atoms with Gasteiger partial charge in [0.2, 0.25) is 11.8 Å². The molecule has 3 heterocycles. The summed E-state index contributed by atoms with van der Waals surface area (Å²) >= 11 is 0. The number of amides is 4. The average molecular weight is 340 g/mol. The van der Waals surface area contributed by atoms with E-state index in [0.717, 1.165) is 5.52 Å². The fourth-order valence-electron chi connectivity index (χ4n) is 3.81. The van der Waals surface area contributed by atoms with E-state index in [2.05, 4.69) is 16.0 Å². The first-order valence-electron chi connectivity index (χ1n) is 8.44. The molecular formula is C18H20N4O3. The summed E-state index contributed by atoms with van der Waals surface area (Å²) in [7, 11) is 1.51. The first-order chi connectivity index (χ1) is 12.1. The normalized spacial score (nSPS) is 22.8. The van der Waals surface area contributed by atoms with Gasteiger partial charge in [0.25, 0.3) is 0 Å². The SMILES string of the molecule is CN1C(=O)C2CN(C(=O)NCCn3ccc4ccccc43)CC2C1=O. The number of rotatable bonds is 3. The second-order valence-electron chi connectivity index (χ2n) is 6.65. The van der Waals surface area contributed by atoms with Crippen LogP contribution in [-0.4, -0.2) is 58.9 Å². The molecule has 7 nitrogen and oxygen atoms in total. The third-order valence-corrected chi connectivity index (χ3v) is 5.21. The van der Waals surface area contributed by atoms with Crippen molar-refractivity contribution in [2.45, 2.75) is 6.54 Å². The molecule has 2 fully saturated rings. The molecule has 4 rings (SSSR count). The maximum Gasteiger partial charge on any atom is 0.317 e. The van der Waals surface area contributed by atoms with Crippen LogP contribution in [-0.2, 0) is 16.1 Å². The van der Waals surface area contributed by atoms with Crippen molar-refractivity contribution in [3.8, 4) is 0 Å². The van der Waals surface area contributed by atoms with Gasteiger partial charge in [0.05, 0.1) is 11.8 Å². The van der Waals surface area contributed by atoms with Crippen molar-refractivity contribution < 1.29 is 14.4 Å². The van der Waals surface area contributed by atoms with Crippen molar-refractivity contribution in [3.05, 3.63) is 36.5 Å². The van der Waals surface area contributed by atoms with Gasteiger partial charge < -0.3 is 14.8 Å². The lowest BCUT2D eigenvalue weighted by Crippen LogP contribution is -2.42. The van der Waals surface area contributed by atoms with Crippen molar-refractivity contribution in [1.82, 2.24) is 19.7 Å². The highest BCUT2D eigenvalue weighted by molar-refractivity contribution is 6.06. The molecule has 0 aliphatic carbocycles. The van der Waals surface area contributed by atoms with Gasteiger partial charge in [-0.2, -0.15) is 0 Å². The van der Waals surface area contributed by atoms with Crippen LogP contribution in [0.15, 0.2) is 36.5 Å². The van der Waals surface area contributed by atoms with E-state index in [1.807, 2.05) is 30.5 Å². The molecule has 4 amide bonds. The van der Waals surface area contributed by atoms with E-state index in [9.17, 15) is 14.4 Å². The van der Waals surface area contributed by atoms with Crippen molar-refractivity contribution in [2.75, 3.05) is 26.7 Å². The van der Waals surface area contributed by atoms with Gasteiger partial charge in [0.15, 0.2) is 0 Å². The molecule has 2 aliphatic rings. The first kappa shape index (κ1) is 15.7. The Labute approximate surface area is 145 Å². The van der Waals surface area contributed by atoms with E-state index >= 15 is 0 Å². The lowest BCUT2D eigenvalue weighted by Gasteiger charge is -2.19. The number of likely N-dealkylation sites (tertiary alicyclic amines) is 2. The number of fused-ring (bicyclic) bond motifs is 2. The van der Waals surface area contributed by atoms with E-state index < -0.39 is 0 Å². The predicted molar refractivity (Wildman–Crippen MR) is 91.7 cm³/mol. The van der Waals surface area contributed by atoms with Gasteiger partial charge in [0.1, 0.15) is 0 Å². The van der Waals surface area contributed by atoms with Gasteiger partial charge in [-0.05, 0) is 17.5 Å². The van der Waals surface area contributed by atoms with Gasteiger partial charge >= 0.3 is 6.03 Å². The average Bonchev–Trinajstić information content (AvgIpc) is 3.28. The Morgan fingerprint density at radius 1 is 1.12 bits per heavy atom. The largest absolute Gasteiger partial charge is 0.346 e. The minimum absolute atomic E-state index is 0.177. The monoisotopic (exact) mass is 340 g/mol. The summed E-state index contributed by atoms with van der Waals surface area (Å²) in [6, 6.07) is 9.93. The number of aromatic nitrogens is 1. The Morgan fingerprint density at radius 2 is 1.80 bits per heavy atom. The van der Waals surface area contributed by atoms with E-state index in [0.29, 0.717) is 26.2 Å². The fraction of sp³-hybridized carbons (Fsp3) is 0.389. The van der Waals surface area contributed by atoms with E-state index in [1.54, 1.807) is 4.90 Å². The topological polar surface area (TPSA) is 74.7 Å². The highest BCUT2D eigenvalue weighted by atomic mass is 16.2. The zero-order valence-electron chi connectivity index (χ0n) is 14.0. The number of carbonyl (C=O) groups excluding carboxylic acids is 3. The molecule has 7 heteroatoms. The summed E-state index contributed by atoms with van der Waals surface area (Å²) < 4.78 is 2.09. The van der Waals surface area contributed by atoms with E-state index in [-0.39, 0.29) is 29.7 Å². The number of benzene rings is 1. The standard InChI is InChI=1S/C18H20N4O3/c1-20-16(23)13-10-22(11-14(13)17(20)24)18(25)19-7-9-21-8-6-12-4-2-3-5-15(12)21/h2-6,8,13-14H,7,9-11H2,1H3,(H,19,25). The molecule has 0 radical (unpaired) electrons.